The molecule has 2 rings (SSSR count). The molecule has 6 nitrogen and oxygen atoms in total. The number of hydrogen-bond acceptors (Lipinski definition) is 5. The summed E-state index contributed by atoms with van der Waals surface area (Å²) in [6, 6.07) is 5.05. The second-order valence-electron chi connectivity index (χ2n) is 4.80. The van der Waals surface area contributed by atoms with E-state index in [0.29, 0.717) is 36.2 Å². The molecule has 1 amide bonds. The summed E-state index contributed by atoms with van der Waals surface area (Å²) >= 11 is 5.93. The van der Waals surface area contributed by atoms with E-state index in [1.165, 1.54) is 7.11 Å². The first-order valence-corrected chi connectivity index (χ1v) is 7.08. The highest BCUT2D eigenvalue weighted by molar-refractivity contribution is 6.31. The maximum atomic E-state index is 12.1. The predicted octanol–water partition coefficient (Wildman–Crippen LogP) is 0.980. The van der Waals surface area contributed by atoms with Gasteiger partial charge >= 0.3 is 0 Å². The highest BCUT2D eigenvalue weighted by Gasteiger charge is 2.21. The van der Waals surface area contributed by atoms with E-state index in [4.69, 9.17) is 26.2 Å². The molecule has 2 N–H and O–H groups in total. The maximum Gasteiger partial charge on any atom is 0.238 e. The Balaban J connectivity index is 1.94. The van der Waals surface area contributed by atoms with Gasteiger partial charge in [-0.2, -0.15) is 0 Å². The Morgan fingerprint density at radius 3 is 3.14 bits per heavy atom. The first kappa shape index (κ1) is 16.0. The highest BCUT2D eigenvalue weighted by atomic mass is 35.5. The van der Waals surface area contributed by atoms with Crippen LogP contribution < -0.4 is 10.1 Å². The number of nitrogens with zero attached hydrogens (tertiary/aromatic N) is 1. The molecule has 0 radical (unpaired) electrons. The number of benzene rings is 1. The molecule has 1 saturated heterocycles. The molecule has 1 unspecified atom stereocenters. The normalized spacial score (nSPS) is 19.3. The predicted molar refractivity (Wildman–Crippen MR) is 79.9 cm³/mol. The molecule has 1 aromatic carbocycles. The summed E-state index contributed by atoms with van der Waals surface area (Å²) in [6.07, 6.45) is -0.229. The number of hydrogen-bond donors (Lipinski definition) is 2. The van der Waals surface area contributed by atoms with Crippen LogP contribution in [0, 0.1) is 0 Å². The summed E-state index contributed by atoms with van der Waals surface area (Å²) in [5.74, 6) is 0.400. The van der Waals surface area contributed by atoms with Crippen LogP contribution in [0.4, 0.5) is 5.69 Å². The van der Waals surface area contributed by atoms with Crippen LogP contribution in [0.5, 0.6) is 5.75 Å². The Bertz CT molecular complexity index is 498. The number of carbonyl (C=O) groups excluding carboxylic acids is 1. The lowest BCUT2D eigenvalue weighted by molar-refractivity contribution is -0.120. The number of anilines is 1. The first-order valence-electron chi connectivity index (χ1n) is 6.70. The van der Waals surface area contributed by atoms with Crippen molar-refractivity contribution in [3.63, 3.8) is 0 Å². The van der Waals surface area contributed by atoms with Crippen LogP contribution >= 0.6 is 11.6 Å². The van der Waals surface area contributed by atoms with Crippen molar-refractivity contribution < 1.29 is 19.4 Å². The Kier molecular flexibility index (Phi) is 5.81. The number of aliphatic hydroxyl groups is 1. The molecule has 1 aliphatic rings. The quantitative estimate of drug-likeness (QED) is 0.848. The minimum absolute atomic E-state index is 0.0414. The average Bonchev–Trinajstić information content (AvgIpc) is 2.47. The van der Waals surface area contributed by atoms with Crippen LogP contribution in [0.3, 0.4) is 0 Å². The fourth-order valence-electron chi connectivity index (χ4n) is 2.21. The molecular formula is C14H19ClN2O4. The molecule has 116 valence electrons. The minimum atomic E-state index is -0.229. The summed E-state index contributed by atoms with van der Waals surface area (Å²) in [6.45, 7) is 1.90. The molecule has 7 heteroatoms. The van der Waals surface area contributed by atoms with Gasteiger partial charge in [0.05, 0.1) is 38.7 Å². The van der Waals surface area contributed by atoms with E-state index in [9.17, 15) is 4.79 Å². The van der Waals surface area contributed by atoms with Gasteiger partial charge in [0.1, 0.15) is 5.75 Å². The van der Waals surface area contributed by atoms with Gasteiger partial charge in [0.25, 0.3) is 0 Å². The lowest BCUT2D eigenvalue weighted by Gasteiger charge is -2.31. The number of methoxy groups -OCH3 is 1. The van der Waals surface area contributed by atoms with Crippen molar-refractivity contribution >= 4 is 23.2 Å². The minimum Gasteiger partial charge on any atom is -0.495 e. The van der Waals surface area contributed by atoms with E-state index < -0.39 is 0 Å². The van der Waals surface area contributed by atoms with Gasteiger partial charge in [-0.05, 0) is 18.2 Å². The van der Waals surface area contributed by atoms with Crippen LogP contribution in [-0.4, -0.2) is 62.0 Å². The molecular weight excluding hydrogens is 296 g/mol. The monoisotopic (exact) mass is 314 g/mol. The van der Waals surface area contributed by atoms with Crippen LogP contribution in [0.2, 0.25) is 5.02 Å². The van der Waals surface area contributed by atoms with Crippen molar-refractivity contribution in [1.82, 2.24) is 4.90 Å². The number of amides is 1. The zero-order chi connectivity index (χ0) is 15.2. The van der Waals surface area contributed by atoms with Crippen LogP contribution in [0.15, 0.2) is 18.2 Å². The Morgan fingerprint density at radius 2 is 2.43 bits per heavy atom. The Labute approximate surface area is 128 Å². The molecule has 1 heterocycles. The Morgan fingerprint density at radius 1 is 1.62 bits per heavy atom. The van der Waals surface area contributed by atoms with Gasteiger partial charge in [0.15, 0.2) is 0 Å². The van der Waals surface area contributed by atoms with Crippen molar-refractivity contribution in [2.45, 2.75) is 6.10 Å². The molecule has 0 aliphatic carbocycles. The van der Waals surface area contributed by atoms with Gasteiger partial charge in [0, 0.05) is 18.1 Å². The highest BCUT2D eigenvalue weighted by Crippen LogP contribution is 2.27. The fourth-order valence-corrected chi connectivity index (χ4v) is 2.38. The third-order valence-corrected chi connectivity index (χ3v) is 3.46. The third kappa shape index (κ3) is 4.57. The summed E-state index contributed by atoms with van der Waals surface area (Å²) in [5, 5.41) is 12.4. The van der Waals surface area contributed by atoms with E-state index in [1.807, 2.05) is 4.90 Å². The number of morpholine rings is 1. The van der Waals surface area contributed by atoms with Gasteiger partial charge in [-0.25, -0.2) is 0 Å². The first-order chi connectivity index (χ1) is 10.1. The maximum absolute atomic E-state index is 12.1. The number of carbonyl (C=O) groups is 1. The van der Waals surface area contributed by atoms with E-state index in [-0.39, 0.29) is 25.2 Å². The number of ether oxygens (including phenoxy) is 2. The SMILES string of the molecule is COc1ccc(Cl)cc1NC(=O)CN1CCOC(CO)C1. The largest absolute Gasteiger partial charge is 0.495 e. The topological polar surface area (TPSA) is 71.0 Å². The van der Waals surface area contributed by atoms with E-state index in [2.05, 4.69) is 5.32 Å². The van der Waals surface area contributed by atoms with Crippen molar-refractivity contribution in [1.29, 1.82) is 0 Å². The summed E-state index contributed by atoms with van der Waals surface area (Å²) in [4.78, 5) is 14.0. The van der Waals surface area contributed by atoms with Gasteiger partial charge in [-0.3, -0.25) is 9.69 Å². The summed E-state index contributed by atoms with van der Waals surface area (Å²) in [7, 11) is 1.53. The standard InChI is InChI=1S/C14H19ClN2O4/c1-20-13-3-2-10(15)6-12(13)16-14(19)8-17-4-5-21-11(7-17)9-18/h2-3,6,11,18H,4-5,7-9H2,1H3,(H,16,19). The van der Waals surface area contributed by atoms with Crippen LogP contribution in [0.25, 0.3) is 0 Å². The van der Waals surface area contributed by atoms with Crippen molar-refractivity contribution in [2.24, 2.45) is 0 Å². The van der Waals surface area contributed by atoms with Crippen molar-refractivity contribution in [3.05, 3.63) is 23.2 Å². The van der Waals surface area contributed by atoms with Gasteiger partial charge < -0.3 is 19.9 Å². The van der Waals surface area contributed by atoms with Gasteiger partial charge in [0.2, 0.25) is 5.91 Å². The zero-order valence-corrected chi connectivity index (χ0v) is 12.6. The van der Waals surface area contributed by atoms with Crippen molar-refractivity contribution in [2.75, 3.05) is 45.3 Å². The average molecular weight is 315 g/mol. The van der Waals surface area contributed by atoms with E-state index in [1.54, 1.807) is 18.2 Å². The molecule has 0 spiro atoms. The molecule has 1 fully saturated rings. The van der Waals surface area contributed by atoms with E-state index >= 15 is 0 Å². The lowest BCUT2D eigenvalue weighted by atomic mass is 10.2. The number of aliphatic hydroxyl groups excluding tert-OH is 1. The molecule has 1 aliphatic heterocycles. The smallest absolute Gasteiger partial charge is 0.238 e. The van der Waals surface area contributed by atoms with E-state index in [0.717, 1.165) is 0 Å². The number of rotatable bonds is 5. The third-order valence-electron chi connectivity index (χ3n) is 3.23. The molecule has 21 heavy (non-hydrogen) atoms. The zero-order valence-electron chi connectivity index (χ0n) is 11.8. The number of halogens is 1. The molecule has 1 atom stereocenters. The van der Waals surface area contributed by atoms with Crippen LogP contribution in [-0.2, 0) is 9.53 Å². The molecule has 0 saturated carbocycles. The molecule has 0 aromatic heterocycles. The molecule has 0 bridgehead atoms. The van der Waals surface area contributed by atoms with Crippen LogP contribution in [0.1, 0.15) is 0 Å². The second-order valence-corrected chi connectivity index (χ2v) is 5.24. The summed E-state index contributed by atoms with van der Waals surface area (Å²) in [5.41, 5.74) is 0.543. The lowest BCUT2D eigenvalue weighted by Crippen LogP contribution is -2.46. The van der Waals surface area contributed by atoms with Gasteiger partial charge in [-0.1, -0.05) is 11.6 Å². The molecule has 1 aromatic rings. The summed E-state index contributed by atoms with van der Waals surface area (Å²) < 4.78 is 10.5. The van der Waals surface area contributed by atoms with Gasteiger partial charge in [-0.15, -0.1) is 0 Å². The number of nitrogens with one attached hydrogen (secondary N) is 1. The second kappa shape index (κ2) is 7.61. The Hall–Kier alpha value is -1.34. The fraction of sp³-hybridized carbons (Fsp3) is 0.500. The van der Waals surface area contributed by atoms with Crippen molar-refractivity contribution in [3.8, 4) is 5.75 Å².